The molecule has 2 N–H and O–H groups in total. The van der Waals surface area contributed by atoms with Gasteiger partial charge in [0.2, 0.25) is 0 Å². The van der Waals surface area contributed by atoms with E-state index in [0.717, 1.165) is 12.1 Å². The molecule has 1 heterocycles. The molecule has 0 aliphatic rings. The Kier molecular flexibility index (Phi) is 4.36. The lowest BCUT2D eigenvalue weighted by molar-refractivity contribution is -0.138. The smallest absolute Gasteiger partial charge is 0.417 e. The van der Waals surface area contributed by atoms with Gasteiger partial charge in [-0.3, -0.25) is 0 Å². The Balaban J connectivity index is 2.43. The summed E-state index contributed by atoms with van der Waals surface area (Å²) in [5.41, 5.74) is -1.99. The predicted octanol–water partition coefficient (Wildman–Crippen LogP) is 4.44. The Hall–Kier alpha value is -2.16. The molecular formula is C13H7BrF4N2O2. The average molecular weight is 379 g/mol. The Morgan fingerprint density at radius 1 is 1.27 bits per heavy atom. The van der Waals surface area contributed by atoms with Crippen molar-refractivity contribution in [2.45, 2.75) is 6.18 Å². The Bertz CT molecular complexity index is 734. The highest BCUT2D eigenvalue weighted by Gasteiger charge is 2.36. The summed E-state index contributed by atoms with van der Waals surface area (Å²) in [7, 11) is 0. The molecule has 0 amide bonds. The maximum absolute atomic E-state index is 13.0. The summed E-state index contributed by atoms with van der Waals surface area (Å²) >= 11 is 3.05. The Morgan fingerprint density at radius 3 is 2.50 bits per heavy atom. The number of hydrogen-bond acceptors (Lipinski definition) is 3. The second-order valence-electron chi connectivity index (χ2n) is 4.17. The SMILES string of the molecule is O=C(O)c1cnc(Nc2ccc(F)cc2Br)cc1C(F)(F)F. The van der Waals surface area contributed by atoms with Gasteiger partial charge in [-0.1, -0.05) is 0 Å². The minimum atomic E-state index is -4.84. The molecule has 0 radical (unpaired) electrons. The number of hydrogen-bond donors (Lipinski definition) is 2. The zero-order chi connectivity index (χ0) is 16.5. The molecule has 2 rings (SSSR count). The largest absolute Gasteiger partial charge is 0.478 e. The summed E-state index contributed by atoms with van der Waals surface area (Å²) in [6.45, 7) is 0. The van der Waals surface area contributed by atoms with Crippen molar-refractivity contribution in [2.24, 2.45) is 0 Å². The lowest BCUT2D eigenvalue weighted by Crippen LogP contribution is -2.14. The second kappa shape index (κ2) is 5.91. The normalized spacial score (nSPS) is 11.3. The molecule has 1 aromatic heterocycles. The highest BCUT2D eigenvalue weighted by atomic mass is 79.9. The monoisotopic (exact) mass is 378 g/mol. The van der Waals surface area contributed by atoms with Gasteiger partial charge in [-0.25, -0.2) is 14.2 Å². The third-order valence-corrected chi connectivity index (χ3v) is 3.29. The topological polar surface area (TPSA) is 62.2 Å². The van der Waals surface area contributed by atoms with Crippen molar-refractivity contribution in [1.82, 2.24) is 4.98 Å². The van der Waals surface area contributed by atoms with Gasteiger partial charge in [0.25, 0.3) is 0 Å². The third-order valence-electron chi connectivity index (χ3n) is 2.63. The fraction of sp³-hybridized carbons (Fsp3) is 0.0769. The molecule has 116 valence electrons. The van der Waals surface area contributed by atoms with Crippen LogP contribution >= 0.6 is 15.9 Å². The lowest BCUT2D eigenvalue weighted by Gasteiger charge is -2.13. The average Bonchev–Trinajstić information content (AvgIpc) is 2.40. The van der Waals surface area contributed by atoms with Crippen LogP contribution in [0.5, 0.6) is 0 Å². The number of carbonyl (C=O) groups is 1. The van der Waals surface area contributed by atoms with E-state index in [0.29, 0.717) is 12.3 Å². The zero-order valence-corrected chi connectivity index (χ0v) is 12.2. The first-order valence-corrected chi connectivity index (χ1v) is 6.50. The number of aromatic nitrogens is 1. The number of carboxylic acid groups (broad SMARTS) is 1. The van der Waals surface area contributed by atoms with Gasteiger partial charge in [-0.2, -0.15) is 13.2 Å². The van der Waals surface area contributed by atoms with Gasteiger partial charge in [0.15, 0.2) is 0 Å². The van der Waals surface area contributed by atoms with Crippen LogP contribution < -0.4 is 5.32 Å². The first kappa shape index (κ1) is 16.2. The highest BCUT2D eigenvalue weighted by Crippen LogP contribution is 2.34. The van der Waals surface area contributed by atoms with Gasteiger partial charge >= 0.3 is 12.1 Å². The molecule has 4 nitrogen and oxygen atoms in total. The van der Waals surface area contributed by atoms with Gasteiger partial charge in [0.05, 0.1) is 16.8 Å². The van der Waals surface area contributed by atoms with Crippen molar-refractivity contribution < 1.29 is 27.5 Å². The molecule has 0 bridgehead atoms. The maximum atomic E-state index is 13.0. The summed E-state index contributed by atoms with van der Waals surface area (Å²) in [5.74, 6) is -2.47. The number of alkyl halides is 3. The van der Waals surface area contributed by atoms with E-state index in [2.05, 4.69) is 26.2 Å². The number of nitrogens with zero attached hydrogens (tertiary/aromatic N) is 1. The number of halogens is 5. The molecule has 2 aromatic rings. The van der Waals surface area contributed by atoms with Gasteiger partial charge in [-0.15, -0.1) is 0 Å². The van der Waals surface area contributed by atoms with Crippen LogP contribution in [0.2, 0.25) is 0 Å². The van der Waals surface area contributed by atoms with E-state index in [-0.39, 0.29) is 16.0 Å². The minimum absolute atomic E-state index is 0.218. The van der Waals surface area contributed by atoms with E-state index in [9.17, 15) is 22.4 Å². The molecule has 0 aliphatic heterocycles. The van der Waals surface area contributed by atoms with Crippen LogP contribution in [0.3, 0.4) is 0 Å². The van der Waals surface area contributed by atoms with Crippen LogP contribution in [-0.2, 0) is 6.18 Å². The number of rotatable bonds is 3. The van der Waals surface area contributed by atoms with Crippen LogP contribution in [0.4, 0.5) is 29.1 Å². The molecule has 0 unspecified atom stereocenters. The number of pyridine rings is 1. The summed E-state index contributed by atoms with van der Waals surface area (Å²) in [6.07, 6.45) is -4.22. The molecule has 0 atom stereocenters. The number of carboxylic acids is 1. The van der Waals surface area contributed by atoms with Gasteiger partial charge in [0, 0.05) is 10.7 Å². The predicted molar refractivity (Wildman–Crippen MR) is 73.6 cm³/mol. The highest BCUT2D eigenvalue weighted by molar-refractivity contribution is 9.10. The van der Waals surface area contributed by atoms with Crippen LogP contribution in [0, 0.1) is 5.82 Å². The Labute approximate surface area is 129 Å². The molecule has 0 spiro atoms. The van der Waals surface area contributed by atoms with Crippen molar-refractivity contribution in [1.29, 1.82) is 0 Å². The first-order valence-electron chi connectivity index (χ1n) is 5.71. The Morgan fingerprint density at radius 2 is 1.95 bits per heavy atom. The summed E-state index contributed by atoms with van der Waals surface area (Å²) in [5, 5.41) is 11.3. The lowest BCUT2D eigenvalue weighted by atomic mass is 10.1. The number of aromatic carboxylic acids is 1. The van der Waals surface area contributed by atoms with Crippen molar-refractivity contribution in [3.8, 4) is 0 Å². The van der Waals surface area contributed by atoms with Crippen LogP contribution in [0.15, 0.2) is 34.9 Å². The van der Waals surface area contributed by atoms with Crippen molar-refractivity contribution in [3.63, 3.8) is 0 Å². The molecular weight excluding hydrogens is 372 g/mol. The van der Waals surface area contributed by atoms with Gasteiger partial charge in [-0.05, 0) is 40.2 Å². The van der Waals surface area contributed by atoms with E-state index in [1.54, 1.807) is 0 Å². The maximum Gasteiger partial charge on any atom is 0.417 e. The van der Waals surface area contributed by atoms with Crippen LogP contribution in [0.25, 0.3) is 0 Å². The fourth-order valence-corrected chi connectivity index (χ4v) is 2.11. The second-order valence-corrected chi connectivity index (χ2v) is 5.02. The quantitative estimate of drug-likeness (QED) is 0.774. The first-order chi connectivity index (χ1) is 10.2. The standard InChI is InChI=1S/C13H7BrF4N2O2/c14-9-3-6(15)1-2-10(9)20-11-4-8(13(16,17)18)7(5-19-11)12(21)22/h1-5H,(H,19,20)(H,21,22). The molecule has 0 fully saturated rings. The van der Waals surface area contributed by atoms with Gasteiger partial charge in [0.1, 0.15) is 11.6 Å². The molecule has 0 saturated carbocycles. The number of anilines is 2. The molecule has 0 aliphatic carbocycles. The zero-order valence-electron chi connectivity index (χ0n) is 10.6. The fourth-order valence-electron chi connectivity index (χ4n) is 1.66. The van der Waals surface area contributed by atoms with Crippen LogP contribution in [-0.4, -0.2) is 16.1 Å². The molecule has 9 heteroatoms. The summed E-state index contributed by atoms with van der Waals surface area (Å²) in [4.78, 5) is 14.4. The van der Waals surface area contributed by atoms with Gasteiger partial charge < -0.3 is 10.4 Å². The summed E-state index contributed by atoms with van der Waals surface area (Å²) in [6, 6.07) is 4.13. The number of nitrogens with one attached hydrogen (secondary N) is 1. The molecule has 22 heavy (non-hydrogen) atoms. The van der Waals surface area contributed by atoms with Crippen molar-refractivity contribution in [3.05, 3.63) is 51.9 Å². The number of benzene rings is 1. The van der Waals surface area contributed by atoms with Crippen molar-refractivity contribution in [2.75, 3.05) is 5.32 Å². The van der Waals surface area contributed by atoms with Crippen LogP contribution in [0.1, 0.15) is 15.9 Å². The van der Waals surface area contributed by atoms with E-state index in [1.165, 1.54) is 6.07 Å². The third kappa shape index (κ3) is 3.53. The van der Waals surface area contributed by atoms with E-state index in [1.807, 2.05) is 0 Å². The summed E-state index contributed by atoms with van der Waals surface area (Å²) < 4.78 is 51.9. The molecule has 1 aromatic carbocycles. The minimum Gasteiger partial charge on any atom is -0.478 e. The van der Waals surface area contributed by atoms with E-state index in [4.69, 9.17) is 5.11 Å². The van der Waals surface area contributed by atoms with E-state index < -0.39 is 29.1 Å². The van der Waals surface area contributed by atoms with E-state index >= 15 is 0 Å². The molecule has 0 saturated heterocycles. The van der Waals surface area contributed by atoms with Crippen molar-refractivity contribution >= 4 is 33.4 Å².